The first kappa shape index (κ1) is 10.4. The van der Waals surface area contributed by atoms with Gasteiger partial charge in [0.05, 0.1) is 11.4 Å². The fraction of sp³-hybridized carbons (Fsp3) is 0.0909. The Morgan fingerprint density at radius 2 is 2.00 bits per heavy atom. The van der Waals surface area contributed by atoms with Gasteiger partial charge in [-0.15, -0.1) is 0 Å². The zero-order chi connectivity index (χ0) is 11.5. The minimum Gasteiger partial charge on any atom is -0.435 e. The normalized spacial score (nSPS) is 10.1. The number of aromatic nitrogens is 2. The summed E-state index contributed by atoms with van der Waals surface area (Å²) in [6, 6.07) is 3.92. The molecule has 1 heterocycles. The summed E-state index contributed by atoms with van der Waals surface area (Å²) < 4.78 is 18.4. The van der Waals surface area contributed by atoms with Crippen LogP contribution in [-0.4, -0.2) is 9.97 Å². The molecule has 0 saturated heterocycles. The average Bonchev–Trinajstić information content (AvgIpc) is 2.27. The third-order valence-corrected chi connectivity index (χ3v) is 2.02. The molecule has 0 aliphatic rings. The van der Waals surface area contributed by atoms with E-state index in [1.807, 2.05) is 0 Å². The molecule has 0 radical (unpaired) electrons. The second kappa shape index (κ2) is 4.14. The molecule has 2 aromatic rings. The minimum absolute atomic E-state index is 0.239. The number of nitrogens with zero attached hydrogens (tertiary/aromatic N) is 2. The van der Waals surface area contributed by atoms with Crippen molar-refractivity contribution in [3.8, 4) is 11.6 Å². The maximum absolute atomic E-state index is 13.0. The van der Waals surface area contributed by atoms with Gasteiger partial charge in [-0.2, -0.15) is 0 Å². The van der Waals surface area contributed by atoms with Crippen molar-refractivity contribution in [1.82, 2.24) is 9.97 Å². The highest BCUT2D eigenvalue weighted by Crippen LogP contribution is 2.27. The molecule has 0 fully saturated rings. The van der Waals surface area contributed by atoms with Gasteiger partial charge in [0.1, 0.15) is 5.82 Å². The van der Waals surface area contributed by atoms with Crippen LogP contribution in [0.1, 0.15) is 5.69 Å². The summed E-state index contributed by atoms with van der Waals surface area (Å²) in [5.41, 5.74) is 6.62. The van der Waals surface area contributed by atoms with Gasteiger partial charge in [0, 0.05) is 18.5 Å². The second-order valence-electron chi connectivity index (χ2n) is 3.23. The first-order valence-corrected chi connectivity index (χ1v) is 4.67. The van der Waals surface area contributed by atoms with Gasteiger partial charge in [-0.25, -0.2) is 9.37 Å². The van der Waals surface area contributed by atoms with E-state index in [9.17, 15) is 4.39 Å². The number of nitrogens with two attached hydrogens (primary N) is 1. The number of hydrogen-bond donors (Lipinski definition) is 1. The fourth-order valence-corrected chi connectivity index (χ4v) is 1.20. The van der Waals surface area contributed by atoms with E-state index >= 15 is 0 Å². The van der Waals surface area contributed by atoms with Gasteiger partial charge >= 0.3 is 0 Å². The highest BCUT2D eigenvalue weighted by molar-refractivity contribution is 5.53. The number of ether oxygens (including phenoxy) is 1. The standard InChI is InChI=1S/C11H10FN3O/c1-7-11(15-5-4-14-7)16-10-6-8(12)2-3-9(10)13/h2-6H,13H2,1H3. The first-order chi connectivity index (χ1) is 7.66. The zero-order valence-corrected chi connectivity index (χ0v) is 8.64. The van der Waals surface area contributed by atoms with Crippen LogP contribution in [0.4, 0.5) is 10.1 Å². The van der Waals surface area contributed by atoms with Crippen molar-refractivity contribution in [2.45, 2.75) is 6.92 Å². The predicted octanol–water partition coefficient (Wildman–Crippen LogP) is 2.30. The van der Waals surface area contributed by atoms with E-state index in [4.69, 9.17) is 10.5 Å². The second-order valence-corrected chi connectivity index (χ2v) is 3.23. The van der Waals surface area contributed by atoms with E-state index in [1.54, 1.807) is 13.1 Å². The number of rotatable bonds is 2. The van der Waals surface area contributed by atoms with Crippen molar-refractivity contribution in [2.75, 3.05) is 5.73 Å². The van der Waals surface area contributed by atoms with Crippen LogP contribution in [0, 0.1) is 12.7 Å². The molecule has 1 aromatic carbocycles. The van der Waals surface area contributed by atoms with Crippen LogP contribution in [0.5, 0.6) is 11.6 Å². The molecule has 0 aliphatic carbocycles. The lowest BCUT2D eigenvalue weighted by Gasteiger charge is -2.08. The molecule has 0 aliphatic heterocycles. The third kappa shape index (κ3) is 2.08. The molecule has 2 N–H and O–H groups in total. The fourth-order valence-electron chi connectivity index (χ4n) is 1.20. The molecule has 0 atom stereocenters. The SMILES string of the molecule is Cc1nccnc1Oc1cc(F)ccc1N. The number of nitrogen functional groups attached to an aromatic ring is 1. The van der Waals surface area contributed by atoms with Crippen LogP contribution in [0.3, 0.4) is 0 Å². The molecule has 0 saturated carbocycles. The topological polar surface area (TPSA) is 61.0 Å². The number of hydrogen-bond acceptors (Lipinski definition) is 4. The summed E-state index contributed by atoms with van der Waals surface area (Å²) in [7, 11) is 0. The van der Waals surface area contributed by atoms with Crippen LogP contribution < -0.4 is 10.5 Å². The van der Waals surface area contributed by atoms with E-state index in [1.165, 1.54) is 24.4 Å². The zero-order valence-electron chi connectivity index (χ0n) is 8.64. The van der Waals surface area contributed by atoms with Crippen LogP contribution in [-0.2, 0) is 0 Å². The Labute approximate surface area is 91.9 Å². The van der Waals surface area contributed by atoms with Gasteiger partial charge in [0.15, 0.2) is 5.75 Å². The summed E-state index contributed by atoms with van der Waals surface area (Å²) >= 11 is 0. The summed E-state index contributed by atoms with van der Waals surface area (Å²) in [4.78, 5) is 7.99. The van der Waals surface area contributed by atoms with Crippen molar-refractivity contribution >= 4 is 5.69 Å². The Hall–Kier alpha value is -2.17. The quantitative estimate of drug-likeness (QED) is 0.787. The van der Waals surface area contributed by atoms with Crippen LogP contribution in [0.15, 0.2) is 30.6 Å². The molecular formula is C11H10FN3O. The van der Waals surface area contributed by atoms with Gasteiger partial charge in [-0.05, 0) is 19.1 Å². The largest absolute Gasteiger partial charge is 0.435 e. The Morgan fingerprint density at radius 3 is 2.75 bits per heavy atom. The van der Waals surface area contributed by atoms with Crippen molar-refractivity contribution in [1.29, 1.82) is 0 Å². The van der Waals surface area contributed by atoms with Crippen LogP contribution in [0.2, 0.25) is 0 Å². The summed E-state index contributed by atoms with van der Waals surface area (Å²) in [6.07, 6.45) is 3.05. The Balaban J connectivity index is 2.34. The minimum atomic E-state index is -0.411. The van der Waals surface area contributed by atoms with Crippen molar-refractivity contribution in [2.24, 2.45) is 0 Å². The van der Waals surface area contributed by atoms with Gasteiger partial charge < -0.3 is 10.5 Å². The van der Waals surface area contributed by atoms with Crippen molar-refractivity contribution in [3.63, 3.8) is 0 Å². The maximum Gasteiger partial charge on any atom is 0.240 e. The summed E-state index contributed by atoms with van der Waals surface area (Å²) in [6.45, 7) is 1.75. The molecule has 4 nitrogen and oxygen atoms in total. The van der Waals surface area contributed by atoms with Gasteiger partial charge in [-0.3, -0.25) is 4.98 Å². The number of benzene rings is 1. The highest BCUT2D eigenvalue weighted by Gasteiger charge is 2.07. The van der Waals surface area contributed by atoms with Gasteiger partial charge in [0.25, 0.3) is 0 Å². The average molecular weight is 219 g/mol. The smallest absolute Gasteiger partial charge is 0.240 e. The molecule has 2 rings (SSSR count). The number of halogens is 1. The Bertz CT molecular complexity index is 516. The third-order valence-electron chi connectivity index (χ3n) is 2.02. The summed E-state index contributed by atoms with van der Waals surface area (Å²) in [5, 5.41) is 0. The van der Waals surface area contributed by atoms with E-state index in [-0.39, 0.29) is 5.75 Å². The van der Waals surface area contributed by atoms with E-state index < -0.39 is 5.82 Å². The number of anilines is 1. The summed E-state index contributed by atoms with van der Waals surface area (Å²) in [5.74, 6) is 0.147. The molecule has 82 valence electrons. The van der Waals surface area contributed by atoms with Crippen LogP contribution >= 0.6 is 0 Å². The lowest BCUT2D eigenvalue weighted by molar-refractivity contribution is 0.453. The van der Waals surface area contributed by atoms with Crippen molar-refractivity contribution < 1.29 is 9.13 Å². The monoisotopic (exact) mass is 219 g/mol. The highest BCUT2D eigenvalue weighted by atomic mass is 19.1. The lowest BCUT2D eigenvalue weighted by atomic mass is 10.3. The Morgan fingerprint density at radius 1 is 1.25 bits per heavy atom. The van der Waals surface area contributed by atoms with Gasteiger partial charge in [0.2, 0.25) is 5.88 Å². The maximum atomic E-state index is 13.0. The molecule has 1 aromatic heterocycles. The Kier molecular flexibility index (Phi) is 2.68. The molecular weight excluding hydrogens is 209 g/mol. The molecule has 0 unspecified atom stereocenters. The van der Waals surface area contributed by atoms with Crippen LogP contribution in [0.25, 0.3) is 0 Å². The van der Waals surface area contributed by atoms with E-state index in [0.717, 1.165) is 0 Å². The molecule has 5 heteroatoms. The predicted molar refractivity (Wildman–Crippen MR) is 57.7 cm³/mol. The molecule has 0 bridgehead atoms. The van der Waals surface area contributed by atoms with E-state index in [2.05, 4.69) is 9.97 Å². The molecule has 0 amide bonds. The van der Waals surface area contributed by atoms with Gasteiger partial charge in [-0.1, -0.05) is 0 Å². The van der Waals surface area contributed by atoms with E-state index in [0.29, 0.717) is 17.3 Å². The number of aryl methyl sites for hydroxylation is 1. The molecule has 0 spiro atoms. The molecule has 16 heavy (non-hydrogen) atoms. The van der Waals surface area contributed by atoms with Crippen molar-refractivity contribution in [3.05, 3.63) is 42.1 Å². The first-order valence-electron chi connectivity index (χ1n) is 4.67. The lowest BCUT2D eigenvalue weighted by Crippen LogP contribution is -1.97.